The molecule has 5 nitrogen and oxygen atoms in total. The van der Waals surface area contributed by atoms with Crippen molar-refractivity contribution in [3.63, 3.8) is 0 Å². The van der Waals surface area contributed by atoms with E-state index in [1.54, 1.807) is 11.3 Å². The summed E-state index contributed by atoms with van der Waals surface area (Å²) in [5.74, 6) is 0. The van der Waals surface area contributed by atoms with Gasteiger partial charge in [0.2, 0.25) is 0 Å². The highest BCUT2D eigenvalue weighted by atomic mass is 32.1. The summed E-state index contributed by atoms with van der Waals surface area (Å²) in [6.45, 7) is 2.53. The van der Waals surface area contributed by atoms with Crippen LogP contribution in [0.1, 0.15) is 42.5 Å². The number of nitrogens with one attached hydrogen (secondary N) is 2. The van der Waals surface area contributed by atoms with E-state index < -0.39 is 6.10 Å². The maximum Gasteiger partial charge on any atom is 0.315 e. The highest BCUT2D eigenvalue weighted by molar-refractivity contribution is 7.11. The molecule has 2 rings (SSSR count). The minimum absolute atomic E-state index is 0.115. The van der Waals surface area contributed by atoms with Gasteiger partial charge in [0.1, 0.15) is 5.01 Å². The fourth-order valence-electron chi connectivity index (χ4n) is 2.25. The first-order chi connectivity index (χ1) is 9.19. The number of rotatable bonds is 4. The van der Waals surface area contributed by atoms with Crippen LogP contribution < -0.4 is 10.6 Å². The molecule has 106 valence electrons. The van der Waals surface area contributed by atoms with E-state index in [0.717, 1.165) is 37.1 Å². The molecule has 1 saturated carbocycles. The molecule has 19 heavy (non-hydrogen) atoms. The molecule has 3 N–H and O–H groups in total. The van der Waals surface area contributed by atoms with Gasteiger partial charge in [0.05, 0.1) is 18.7 Å². The largest absolute Gasteiger partial charge is 0.391 e. The molecule has 1 aromatic rings. The van der Waals surface area contributed by atoms with E-state index in [4.69, 9.17) is 0 Å². The van der Waals surface area contributed by atoms with Gasteiger partial charge in [-0.3, -0.25) is 0 Å². The summed E-state index contributed by atoms with van der Waals surface area (Å²) < 4.78 is 0. The maximum atomic E-state index is 11.8. The van der Waals surface area contributed by atoms with E-state index in [1.807, 2.05) is 6.20 Å². The van der Waals surface area contributed by atoms with Gasteiger partial charge in [-0.25, -0.2) is 9.78 Å². The number of amides is 2. The van der Waals surface area contributed by atoms with E-state index in [9.17, 15) is 9.90 Å². The third kappa shape index (κ3) is 4.18. The van der Waals surface area contributed by atoms with Crippen molar-refractivity contribution < 1.29 is 9.90 Å². The molecular weight excluding hydrogens is 262 g/mol. The van der Waals surface area contributed by atoms with Gasteiger partial charge in [-0.2, -0.15) is 0 Å². The predicted octanol–water partition coefficient (Wildman–Crippen LogP) is 1.81. The van der Waals surface area contributed by atoms with Crippen molar-refractivity contribution in [2.24, 2.45) is 0 Å². The molecule has 0 radical (unpaired) electrons. The fourth-order valence-corrected chi connectivity index (χ4v) is 3.05. The Morgan fingerprint density at radius 1 is 1.53 bits per heavy atom. The number of carbonyl (C=O) groups excluding carboxylic acids is 1. The number of hydrogen-bond acceptors (Lipinski definition) is 4. The molecule has 0 aromatic carbocycles. The number of aryl methyl sites for hydroxylation is 1. The van der Waals surface area contributed by atoms with Crippen molar-refractivity contribution in [3.05, 3.63) is 16.1 Å². The lowest BCUT2D eigenvalue weighted by molar-refractivity contribution is 0.0943. The van der Waals surface area contributed by atoms with Gasteiger partial charge in [-0.05, 0) is 19.3 Å². The first kappa shape index (κ1) is 14.3. The van der Waals surface area contributed by atoms with Crippen LogP contribution in [0, 0.1) is 0 Å². The topological polar surface area (TPSA) is 74.2 Å². The van der Waals surface area contributed by atoms with Gasteiger partial charge in [0.25, 0.3) is 0 Å². The summed E-state index contributed by atoms with van der Waals surface area (Å²) in [4.78, 5) is 17.2. The summed E-state index contributed by atoms with van der Waals surface area (Å²) in [5.41, 5.74) is 0. The lowest BCUT2D eigenvalue weighted by Crippen LogP contribution is -2.48. The van der Waals surface area contributed by atoms with Crippen LogP contribution in [0.2, 0.25) is 0 Å². The molecule has 1 heterocycles. The number of aliphatic hydroxyl groups is 1. The van der Waals surface area contributed by atoms with Crippen LogP contribution in [0.15, 0.2) is 6.20 Å². The molecule has 1 aromatic heterocycles. The van der Waals surface area contributed by atoms with Crippen LogP contribution in [-0.4, -0.2) is 28.3 Å². The Morgan fingerprint density at radius 3 is 3.00 bits per heavy atom. The number of thiazole rings is 1. The molecular formula is C13H21N3O2S. The van der Waals surface area contributed by atoms with Crippen molar-refractivity contribution >= 4 is 17.4 Å². The fraction of sp³-hybridized carbons (Fsp3) is 0.692. The zero-order chi connectivity index (χ0) is 13.7. The first-order valence-corrected chi connectivity index (χ1v) is 7.66. The minimum atomic E-state index is -0.411. The Kier molecular flexibility index (Phi) is 5.15. The number of nitrogens with zero attached hydrogens (tertiary/aromatic N) is 1. The van der Waals surface area contributed by atoms with Gasteiger partial charge in [0.15, 0.2) is 0 Å². The molecule has 1 aliphatic rings. The van der Waals surface area contributed by atoms with Crippen LogP contribution in [0.3, 0.4) is 0 Å². The van der Waals surface area contributed by atoms with Gasteiger partial charge >= 0.3 is 6.03 Å². The van der Waals surface area contributed by atoms with Crippen molar-refractivity contribution in [1.82, 2.24) is 15.6 Å². The van der Waals surface area contributed by atoms with Gasteiger partial charge in [-0.1, -0.05) is 19.8 Å². The Morgan fingerprint density at radius 2 is 2.32 bits per heavy atom. The lowest BCUT2D eigenvalue weighted by Gasteiger charge is -2.28. The Labute approximate surface area is 117 Å². The van der Waals surface area contributed by atoms with E-state index in [-0.39, 0.29) is 12.1 Å². The zero-order valence-corrected chi connectivity index (χ0v) is 12.0. The standard InChI is InChI=1S/C13H21N3O2S/c1-2-9-7-14-12(19-9)8-15-13(18)16-10-5-3-4-6-11(10)17/h7,10-11,17H,2-6,8H2,1H3,(H2,15,16,18)/t10-,11+/m0/s1. The average Bonchev–Trinajstić information content (AvgIpc) is 2.87. The van der Waals surface area contributed by atoms with Crippen molar-refractivity contribution in [3.8, 4) is 0 Å². The van der Waals surface area contributed by atoms with Crippen molar-refractivity contribution in [1.29, 1.82) is 0 Å². The SMILES string of the molecule is CCc1cnc(CNC(=O)N[C@H]2CCCC[C@H]2O)s1. The smallest absolute Gasteiger partial charge is 0.315 e. The minimum Gasteiger partial charge on any atom is -0.391 e. The monoisotopic (exact) mass is 283 g/mol. The van der Waals surface area contributed by atoms with Gasteiger partial charge in [0, 0.05) is 11.1 Å². The van der Waals surface area contributed by atoms with E-state index in [2.05, 4.69) is 22.5 Å². The second-order valence-electron chi connectivity index (χ2n) is 4.86. The number of aliphatic hydroxyl groups excluding tert-OH is 1. The van der Waals surface area contributed by atoms with Crippen LogP contribution in [0.4, 0.5) is 4.79 Å². The van der Waals surface area contributed by atoms with E-state index in [1.165, 1.54) is 4.88 Å². The number of aromatic nitrogens is 1. The van der Waals surface area contributed by atoms with Crippen molar-refractivity contribution in [2.45, 2.75) is 57.7 Å². The van der Waals surface area contributed by atoms with Gasteiger partial charge < -0.3 is 15.7 Å². The number of carbonyl (C=O) groups is 1. The summed E-state index contributed by atoms with van der Waals surface area (Å²) >= 11 is 1.62. The number of urea groups is 1. The first-order valence-electron chi connectivity index (χ1n) is 6.85. The van der Waals surface area contributed by atoms with E-state index >= 15 is 0 Å². The molecule has 2 atom stereocenters. The Hall–Kier alpha value is -1.14. The molecule has 1 aliphatic carbocycles. The maximum absolute atomic E-state index is 11.8. The molecule has 0 aliphatic heterocycles. The van der Waals surface area contributed by atoms with Gasteiger partial charge in [-0.15, -0.1) is 11.3 Å². The summed E-state index contributed by atoms with van der Waals surface area (Å²) in [6.07, 6.45) is 6.14. The second kappa shape index (κ2) is 6.86. The third-order valence-electron chi connectivity index (χ3n) is 3.40. The zero-order valence-electron chi connectivity index (χ0n) is 11.2. The van der Waals surface area contributed by atoms with Crippen LogP contribution in [0.25, 0.3) is 0 Å². The molecule has 0 saturated heterocycles. The quantitative estimate of drug-likeness (QED) is 0.789. The summed E-state index contributed by atoms with van der Waals surface area (Å²) in [7, 11) is 0. The third-order valence-corrected chi connectivity index (χ3v) is 4.54. The lowest BCUT2D eigenvalue weighted by atomic mass is 9.93. The Bertz CT molecular complexity index is 422. The Balaban J connectivity index is 1.74. The van der Waals surface area contributed by atoms with Crippen LogP contribution >= 0.6 is 11.3 Å². The highest BCUT2D eigenvalue weighted by Gasteiger charge is 2.24. The van der Waals surface area contributed by atoms with Crippen LogP contribution in [-0.2, 0) is 13.0 Å². The summed E-state index contributed by atoms with van der Waals surface area (Å²) in [5, 5.41) is 16.3. The normalized spacial score (nSPS) is 23.1. The molecule has 6 heteroatoms. The molecule has 1 fully saturated rings. The second-order valence-corrected chi connectivity index (χ2v) is 6.06. The highest BCUT2D eigenvalue weighted by Crippen LogP contribution is 2.18. The molecule has 0 spiro atoms. The predicted molar refractivity (Wildman–Crippen MR) is 75.1 cm³/mol. The average molecular weight is 283 g/mol. The van der Waals surface area contributed by atoms with Crippen molar-refractivity contribution in [2.75, 3.05) is 0 Å². The molecule has 2 amide bonds. The summed E-state index contributed by atoms with van der Waals surface area (Å²) in [6, 6.07) is -0.338. The molecule has 0 bridgehead atoms. The molecule has 0 unspecified atom stereocenters. The van der Waals surface area contributed by atoms with Crippen LogP contribution in [0.5, 0.6) is 0 Å². The number of hydrogen-bond donors (Lipinski definition) is 3. The van der Waals surface area contributed by atoms with E-state index in [0.29, 0.717) is 6.54 Å².